The molecule has 0 heterocycles. The molecule has 20 heavy (non-hydrogen) atoms. The Balaban J connectivity index is 2.87. The molecule has 0 aromatic heterocycles. The van der Waals surface area contributed by atoms with Crippen LogP contribution in [-0.4, -0.2) is 40.5 Å². The summed E-state index contributed by atoms with van der Waals surface area (Å²) in [6.45, 7) is 5.42. The van der Waals surface area contributed by atoms with E-state index in [9.17, 15) is 0 Å². The number of hydrogen-bond donors (Lipinski definition) is 1. The SMILES string of the molecule is CC[C@H](N)c1ccccc1N(CCCOC)CCOC. The molecule has 0 bridgehead atoms. The predicted molar refractivity (Wildman–Crippen MR) is 84.2 cm³/mol. The van der Waals surface area contributed by atoms with E-state index < -0.39 is 0 Å². The molecule has 4 nitrogen and oxygen atoms in total. The van der Waals surface area contributed by atoms with E-state index in [4.69, 9.17) is 15.2 Å². The maximum Gasteiger partial charge on any atom is 0.0637 e. The Labute approximate surface area is 122 Å². The zero-order valence-corrected chi connectivity index (χ0v) is 13.0. The minimum atomic E-state index is 0.0821. The Morgan fingerprint density at radius 3 is 2.45 bits per heavy atom. The summed E-state index contributed by atoms with van der Waals surface area (Å²) in [6.07, 6.45) is 1.93. The number of methoxy groups -OCH3 is 2. The van der Waals surface area contributed by atoms with Crippen molar-refractivity contribution < 1.29 is 9.47 Å². The molecule has 1 aromatic rings. The van der Waals surface area contributed by atoms with Gasteiger partial charge in [-0.25, -0.2) is 0 Å². The molecule has 2 N–H and O–H groups in total. The molecular weight excluding hydrogens is 252 g/mol. The highest BCUT2D eigenvalue weighted by molar-refractivity contribution is 5.55. The first-order valence-corrected chi connectivity index (χ1v) is 7.31. The van der Waals surface area contributed by atoms with E-state index in [2.05, 4.69) is 36.1 Å². The van der Waals surface area contributed by atoms with E-state index in [1.807, 2.05) is 0 Å². The zero-order chi connectivity index (χ0) is 14.8. The lowest BCUT2D eigenvalue weighted by Gasteiger charge is -2.28. The van der Waals surface area contributed by atoms with Crippen molar-refractivity contribution in [3.8, 4) is 0 Å². The summed E-state index contributed by atoms with van der Waals surface area (Å²) in [7, 11) is 3.47. The second kappa shape index (κ2) is 9.75. The van der Waals surface area contributed by atoms with Gasteiger partial charge in [0, 0.05) is 45.6 Å². The maximum atomic E-state index is 6.23. The monoisotopic (exact) mass is 280 g/mol. The van der Waals surface area contributed by atoms with Crippen molar-refractivity contribution in [1.82, 2.24) is 0 Å². The molecule has 0 aliphatic carbocycles. The van der Waals surface area contributed by atoms with Gasteiger partial charge in [0.2, 0.25) is 0 Å². The van der Waals surface area contributed by atoms with Gasteiger partial charge in [0.1, 0.15) is 0 Å². The van der Waals surface area contributed by atoms with E-state index >= 15 is 0 Å². The quantitative estimate of drug-likeness (QED) is 0.669. The number of nitrogens with two attached hydrogens (primary N) is 1. The van der Waals surface area contributed by atoms with E-state index in [1.165, 1.54) is 11.3 Å². The van der Waals surface area contributed by atoms with Gasteiger partial charge in [-0.15, -0.1) is 0 Å². The second-order valence-electron chi connectivity index (χ2n) is 4.90. The minimum absolute atomic E-state index is 0.0821. The minimum Gasteiger partial charge on any atom is -0.385 e. The van der Waals surface area contributed by atoms with Crippen LogP contribution in [0.2, 0.25) is 0 Å². The maximum absolute atomic E-state index is 6.23. The number of para-hydroxylation sites is 1. The molecule has 4 heteroatoms. The van der Waals surface area contributed by atoms with Crippen molar-refractivity contribution in [2.75, 3.05) is 45.4 Å². The van der Waals surface area contributed by atoms with Gasteiger partial charge >= 0.3 is 0 Å². The summed E-state index contributed by atoms with van der Waals surface area (Å²) < 4.78 is 10.4. The number of anilines is 1. The summed E-state index contributed by atoms with van der Waals surface area (Å²) in [5.74, 6) is 0. The van der Waals surface area contributed by atoms with Gasteiger partial charge in [-0.2, -0.15) is 0 Å². The lowest BCUT2D eigenvalue weighted by molar-refractivity contribution is 0.191. The molecule has 1 aromatic carbocycles. The van der Waals surface area contributed by atoms with Gasteiger partial charge in [0.05, 0.1) is 6.61 Å². The highest BCUT2D eigenvalue weighted by Crippen LogP contribution is 2.26. The lowest BCUT2D eigenvalue weighted by Crippen LogP contribution is -2.30. The summed E-state index contributed by atoms with van der Waals surface area (Å²) in [5, 5.41) is 0. The smallest absolute Gasteiger partial charge is 0.0637 e. The molecular formula is C16H28N2O2. The van der Waals surface area contributed by atoms with Crippen LogP contribution in [-0.2, 0) is 9.47 Å². The Hall–Kier alpha value is -1.10. The second-order valence-corrected chi connectivity index (χ2v) is 4.90. The average Bonchev–Trinajstić information content (AvgIpc) is 2.50. The van der Waals surface area contributed by atoms with E-state index in [0.29, 0.717) is 6.61 Å². The fourth-order valence-electron chi connectivity index (χ4n) is 2.26. The van der Waals surface area contributed by atoms with Crippen LogP contribution in [0.15, 0.2) is 24.3 Å². The van der Waals surface area contributed by atoms with Crippen LogP contribution < -0.4 is 10.6 Å². The van der Waals surface area contributed by atoms with Crippen molar-refractivity contribution in [2.24, 2.45) is 5.73 Å². The summed E-state index contributed by atoms with van der Waals surface area (Å²) in [5.41, 5.74) is 8.66. The number of ether oxygens (including phenoxy) is 2. The van der Waals surface area contributed by atoms with Crippen LogP contribution in [0.25, 0.3) is 0 Å². The van der Waals surface area contributed by atoms with Gasteiger partial charge in [0.15, 0.2) is 0 Å². The average molecular weight is 280 g/mol. The molecule has 0 fully saturated rings. The van der Waals surface area contributed by atoms with Crippen molar-refractivity contribution in [2.45, 2.75) is 25.8 Å². The molecule has 0 spiro atoms. The summed E-state index contributed by atoms with van der Waals surface area (Å²) >= 11 is 0. The normalized spacial score (nSPS) is 12.4. The van der Waals surface area contributed by atoms with Crippen LogP contribution in [0.3, 0.4) is 0 Å². The van der Waals surface area contributed by atoms with Gasteiger partial charge in [-0.05, 0) is 24.5 Å². The number of benzene rings is 1. The third-order valence-electron chi connectivity index (χ3n) is 3.46. The van der Waals surface area contributed by atoms with E-state index in [1.54, 1.807) is 14.2 Å². The van der Waals surface area contributed by atoms with E-state index in [0.717, 1.165) is 32.5 Å². The van der Waals surface area contributed by atoms with Gasteiger partial charge < -0.3 is 20.1 Å². The highest BCUT2D eigenvalue weighted by Gasteiger charge is 2.14. The Bertz CT molecular complexity index is 371. The summed E-state index contributed by atoms with van der Waals surface area (Å²) in [6, 6.07) is 8.47. The molecule has 1 atom stereocenters. The fraction of sp³-hybridized carbons (Fsp3) is 0.625. The Morgan fingerprint density at radius 2 is 1.80 bits per heavy atom. The standard InChI is InChI=1S/C16H28N2O2/c1-4-15(17)14-8-5-6-9-16(14)18(11-13-20-3)10-7-12-19-2/h5-6,8-9,15H,4,7,10-13,17H2,1-3H3/t15-/m0/s1. The lowest BCUT2D eigenvalue weighted by atomic mass is 10.0. The molecule has 0 amide bonds. The van der Waals surface area contributed by atoms with Crippen molar-refractivity contribution in [1.29, 1.82) is 0 Å². The molecule has 1 rings (SSSR count). The Morgan fingerprint density at radius 1 is 1.10 bits per heavy atom. The number of rotatable bonds is 10. The van der Waals surface area contributed by atoms with Crippen molar-refractivity contribution in [3.63, 3.8) is 0 Å². The van der Waals surface area contributed by atoms with Crippen molar-refractivity contribution >= 4 is 5.69 Å². The predicted octanol–water partition coefficient (Wildman–Crippen LogP) is 2.59. The van der Waals surface area contributed by atoms with Crippen molar-refractivity contribution in [3.05, 3.63) is 29.8 Å². The van der Waals surface area contributed by atoms with Gasteiger partial charge in [-0.3, -0.25) is 0 Å². The fourth-order valence-corrected chi connectivity index (χ4v) is 2.26. The molecule has 0 saturated carbocycles. The van der Waals surface area contributed by atoms with Crippen LogP contribution in [0, 0.1) is 0 Å². The van der Waals surface area contributed by atoms with Crippen LogP contribution in [0.4, 0.5) is 5.69 Å². The van der Waals surface area contributed by atoms with Gasteiger partial charge in [-0.1, -0.05) is 25.1 Å². The van der Waals surface area contributed by atoms with Gasteiger partial charge in [0.25, 0.3) is 0 Å². The zero-order valence-electron chi connectivity index (χ0n) is 13.0. The first-order chi connectivity index (χ1) is 9.74. The first kappa shape index (κ1) is 17.0. The molecule has 0 radical (unpaired) electrons. The van der Waals surface area contributed by atoms with Crippen LogP contribution in [0.5, 0.6) is 0 Å². The topological polar surface area (TPSA) is 47.7 Å². The number of hydrogen-bond acceptors (Lipinski definition) is 4. The molecule has 0 unspecified atom stereocenters. The first-order valence-electron chi connectivity index (χ1n) is 7.31. The molecule has 0 saturated heterocycles. The third kappa shape index (κ3) is 5.12. The molecule has 0 aliphatic heterocycles. The number of nitrogens with zero attached hydrogens (tertiary/aromatic N) is 1. The third-order valence-corrected chi connectivity index (χ3v) is 3.46. The largest absolute Gasteiger partial charge is 0.385 e. The summed E-state index contributed by atoms with van der Waals surface area (Å²) in [4.78, 5) is 2.34. The van der Waals surface area contributed by atoms with E-state index in [-0.39, 0.29) is 6.04 Å². The van der Waals surface area contributed by atoms with Crippen LogP contribution >= 0.6 is 0 Å². The highest BCUT2D eigenvalue weighted by atomic mass is 16.5. The molecule has 0 aliphatic rings. The molecule has 114 valence electrons. The Kier molecular flexibility index (Phi) is 8.26. The van der Waals surface area contributed by atoms with Crippen LogP contribution in [0.1, 0.15) is 31.4 Å².